The molecule has 1 aromatic heterocycles. The second-order valence-corrected chi connectivity index (χ2v) is 5.46. The molecule has 0 amide bonds. The Balaban J connectivity index is 1.91. The second kappa shape index (κ2) is 7.17. The third-order valence-electron chi connectivity index (χ3n) is 3.75. The molecule has 5 nitrogen and oxygen atoms in total. The van der Waals surface area contributed by atoms with E-state index in [4.69, 9.17) is 4.74 Å². The van der Waals surface area contributed by atoms with Crippen LogP contribution in [-0.2, 0) is 6.54 Å². The first kappa shape index (κ1) is 16.7. The van der Waals surface area contributed by atoms with Crippen molar-refractivity contribution < 1.29 is 9.13 Å². The fraction of sp³-hybridized carbons (Fsp3) is 0.158. The Labute approximate surface area is 143 Å². The molecule has 3 rings (SSSR count). The van der Waals surface area contributed by atoms with Crippen LogP contribution >= 0.6 is 0 Å². The van der Waals surface area contributed by atoms with Gasteiger partial charge in [-0.2, -0.15) is 0 Å². The highest BCUT2D eigenvalue weighted by atomic mass is 19.1. The first-order chi connectivity index (χ1) is 12.1. The predicted octanol–water partition coefficient (Wildman–Crippen LogP) is 2.59. The standard InChI is InChI=1S/C19H17FN2O3/c1-2-25-17-9-7-16(8-10-17)22-12-11-21(18(23)19(22)24)13-14-3-5-15(20)6-4-14/h3-12H,2,13H2,1H3. The van der Waals surface area contributed by atoms with Crippen molar-refractivity contribution in [1.82, 2.24) is 9.13 Å². The first-order valence-corrected chi connectivity index (χ1v) is 7.88. The van der Waals surface area contributed by atoms with E-state index in [0.29, 0.717) is 18.0 Å². The molecule has 25 heavy (non-hydrogen) atoms. The lowest BCUT2D eigenvalue weighted by molar-refractivity contribution is 0.340. The Morgan fingerprint density at radius 3 is 2.24 bits per heavy atom. The molecule has 0 fully saturated rings. The van der Waals surface area contributed by atoms with Gasteiger partial charge in [-0.1, -0.05) is 12.1 Å². The van der Waals surface area contributed by atoms with E-state index in [1.807, 2.05) is 6.92 Å². The van der Waals surface area contributed by atoms with Gasteiger partial charge in [0.15, 0.2) is 0 Å². The SMILES string of the molecule is CCOc1ccc(-n2ccn(Cc3ccc(F)cc3)c(=O)c2=O)cc1. The summed E-state index contributed by atoms with van der Waals surface area (Å²) in [5.74, 6) is 0.353. The average molecular weight is 340 g/mol. The van der Waals surface area contributed by atoms with Crippen LogP contribution in [0.1, 0.15) is 12.5 Å². The third-order valence-corrected chi connectivity index (χ3v) is 3.75. The fourth-order valence-electron chi connectivity index (χ4n) is 2.49. The zero-order valence-corrected chi connectivity index (χ0v) is 13.7. The number of rotatable bonds is 5. The molecule has 0 radical (unpaired) electrons. The van der Waals surface area contributed by atoms with Gasteiger partial charge in [0.25, 0.3) is 0 Å². The van der Waals surface area contributed by atoms with Crippen molar-refractivity contribution in [1.29, 1.82) is 0 Å². The van der Waals surface area contributed by atoms with Crippen LogP contribution in [-0.4, -0.2) is 15.7 Å². The Hall–Kier alpha value is -3.15. The fourth-order valence-corrected chi connectivity index (χ4v) is 2.49. The van der Waals surface area contributed by atoms with Crippen LogP contribution in [0.25, 0.3) is 5.69 Å². The smallest absolute Gasteiger partial charge is 0.320 e. The zero-order valence-electron chi connectivity index (χ0n) is 13.7. The van der Waals surface area contributed by atoms with Crippen molar-refractivity contribution in [2.45, 2.75) is 13.5 Å². The van der Waals surface area contributed by atoms with E-state index in [9.17, 15) is 14.0 Å². The average Bonchev–Trinajstić information content (AvgIpc) is 2.62. The van der Waals surface area contributed by atoms with Crippen molar-refractivity contribution in [3.05, 3.63) is 93.0 Å². The molecular formula is C19H17FN2O3. The predicted molar refractivity (Wildman–Crippen MR) is 93.0 cm³/mol. The second-order valence-electron chi connectivity index (χ2n) is 5.46. The summed E-state index contributed by atoms with van der Waals surface area (Å²) in [4.78, 5) is 24.7. The van der Waals surface area contributed by atoms with Crippen molar-refractivity contribution in [2.75, 3.05) is 6.61 Å². The molecule has 0 saturated carbocycles. The quantitative estimate of drug-likeness (QED) is 0.671. The number of aromatic nitrogens is 2. The van der Waals surface area contributed by atoms with E-state index >= 15 is 0 Å². The molecule has 0 aliphatic carbocycles. The molecule has 0 aliphatic rings. The number of hydrogen-bond donors (Lipinski definition) is 0. The van der Waals surface area contributed by atoms with E-state index in [1.54, 1.807) is 48.8 Å². The normalized spacial score (nSPS) is 10.6. The van der Waals surface area contributed by atoms with Gasteiger partial charge < -0.3 is 9.30 Å². The summed E-state index contributed by atoms with van der Waals surface area (Å²) in [6.07, 6.45) is 3.09. The van der Waals surface area contributed by atoms with Crippen molar-refractivity contribution in [3.8, 4) is 11.4 Å². The number of halogens is 1. The van der Waals surface area contributed by atoms with Crippen LogP contribution < -0.4 is 15.9 Å². The summed E-state index contributed by atoms with van der Waals surface area (Å²) >= 11 is 0. The largest absolute Gasteiger partial charge is 0.494 e. The van der Waals surface area contributed by atoms with Gasteiger partial charge >= 0.3 is 11.1 Å². The monoisotopic (exact) mass is 340 g/mol. The van der Waals surface area contributed by atoms with E-state index in [2.05, 4.69) is 0 Å². The molecule has 6 heteroatoms. The Kier molecular flexibility index (Phi) is 4.79. The van der Waals surface area contributed by atoms with E-state index < -0.39 is 11.1 Å². The van der Waals surface area contributed by atoms with Gasteiger partial charge in [-0.3, -0.25) is 14.2 Å². The van der Waals surface area contributed by atoms with Gasteiger partial charge in [-0.15, -0.1) is 0 Å². The van der Waals surface area contributed by atoms with E-state index in [-0.39, 0.29) is 12.4 Å². The Morgan fingerprint density at radius 2 is 1.60 bits per heavy atom. The Morgan fingerprint density at radius 1 is 0.920 bits per heavy atom. The first-order valence-electron chi connectivity index (χ1n) is 7.88. The molecule has 2 aromatic carbocycles. The highest BCUT2D eigenvalue weighted by Gasteiger charge is 2.07. The molecule has 3 aromatic rings. The molecule has 1 heterocycles. The number of hydrogen-bond acceptors (Lipinski definition) is 3. The summed E-state index contributed by atoms with van der Waals surface area (Å²) < 4.78 is 20.9. The molecule has 0 bridgehead atoms. The summed E-state index contributed by atoms with van der Waals surface area (Å²) in [5, 5.41) is 0. The maximum Gasteiger partial charge on any atom is 0.320 e. The minimum atomic E-state index is -0.645. The van der Waals surface area contributed by atoms with Crippen LogP contribution in [0.15, 0.2) is 70.5 Å². The summed E-state index contributed by atoms with van der Waals surface area (Å²) in [6.45, 7) is 2.65. The topological polar surface area (TPSA) is 53.2 Å². The summed E-state index contributed by atoms with van der Waals surface area (Å²) in [6, 6.07) is 12.7. The van der Waals surface area contributed by atoms with Crippen LogP contribution in [0.3, 0.4) is 0 Å². The van der Waals surface area contributed by atoms with Gasteiger partial charge in [0.1, 0.15) is 11.6 Å². The van der Waals surface area contributed by atoms with Crippen LogP contribution in [0, 0.1) is 5.82 Å². The number of nitrogens with zero attached hydrogens (tertiary/aromatic N) is 2. The maximum atomic E-state index is 13.0. The highest BCUT2D eigenvalue weighted by molar-refractivity contribution is 5.37. The number of benzene rings is 2. The lowest BCUT2D eigenvalue weighted by Gasteiger charge is -2.10. The minimum Gasteiger partial charge on any atom is -0.494 e. The molecule has 0 N–H and O–H groups in total. The molecule has 0 aliphatic heterocycles. The van der Waals surface area contributed by atoms with Crippen LogP contribution in [0.2, 0.25) is 0 Å². The van der Waals surface area contributed by atoms with Gasteiger partial charge in [0.05, 0.1) is 13.2 Å². The third kappa shape index (κ3) is 3.68. The molecule has 128 valence electrons. The van der Waals surface area contributed by atoms with Crippen LogP contribution in [0.5, 0.6) is 5.75 Å². The molecule has 0 saturated heterocycles. The van der Waals surface area contributed by atoms with Crippen molar-refractivity contribution in [3.63, 3.8) is 0 Å². The lowest BCUT2D eigenvalue weighted by atomic mass is 10.2. The minimum absolute atomic E-state index is 0.207. The highest BCUT2D eigenvalue weighted by Crippen LogP contribution is 2.13. The molecular weight excluding hydrogens is 323 g/mol. The lowest BCUT2D eigenvalue weighted by Crippen LogP contribution is -2.40. The number of ether oxygens (including phenoxy) is 1. The molecule has 0 spiro atoms. The van der Waals surface area contributed by atoms with Crippen LogP contribution in [0.4, 0.5) is 4.39 Å². The van der Waals surface area contributed by atoms with Crippen molar-refractivity contribution in [2.24, 2.45) is 0 Å². The summed E-state index contributed by atoms with van der Waals surface area (Å²) in [7, 11) is 0. The zero-order chi connectivity index (χ0) is 17.8. The molecule has 0 atom stereocenters. The van der Waals surface area contributed by atoms with Gasteiger partial charge in [0.2, 0.25) is 0 Å². The van der Waals surface area contributed by atoms with E-state index in [0.717, 1.165) is 5.56 Å². The Bertz CT molecular complexity index is 973. The van der Waals surface area contributed by atoms with Gasteiger partial charge in [-0.05, 0) is 48.9 Å². The van der Waals surface area contributed by atoms with Gasteiger partial charge in [-0.25, -0.2) is 4.39 Å². The van der Waals surface area contributed by atoms with E-state index in [1.165, 1.54) is 21.3 Å². The molecule has 0 unspecified atom stereocenters. The van der Waals surface area contributed by atoms with Crippen molar-refractivity contribution >= 4 is 0 Å². The summed E-state index contributed by atoms with van der Waals surface area (Å²) in [5.41, 5.74) is 0.0377. The maximum absolute atomic E-state index is 13.0. The van der Waals surface area contributed by atoms with Gasteiger partial charge in [0, 0.05) is 18.1 Å².